The molecule has 0 atom stereocenters. The molecule has 0 saturated carbocycles. The molecule has 2 aromatic rings. The highest BCUT2D eigenvalue weighted by atomic mass is 35.5. The highest BCUT2D eigenvalue weighted by molar-refractivity contribution is 7.89. The number of unbranched alkanes of at least 4 members (excludes halogenated alkanes) is 1. The minimum atomic E-state index is -3.58. The number of hydrogen-bond donors (Lipinski definition) is 1. The van der Waals surface area contributed by atoms with E-state index in [0.29, 0.717) is 36.6 Å². The molecule has 0 aliphatic carbocycles. The van der Waals surface area contributed by atoms with Gasteiger partial charge >= 0.3 is 0 Å². The molecule has 1 heterocycles. The van der Waals surface area contributed by atoms with E-state index in [9.17, 15) is 13.2 Å². The van der Waals surface area contributed by atoms with Crippen molar-refractivity contribution in [3.8, 4) is 0 Å². The fraction of sp³-hybridized carbons (Fsp3) is 0.350. The first-order chi connectivity index (χ1) is 12.9. The van der Waals surface area contributed by atoms with E-state index in [-0.39, 0.29) is 10.8 Å². The average molecular weight is 407 g/mol. The van der Waals surface area contributed by atoms with E-state index in [4.69, 9.17) is 11.6 Å². The van der Waals surface area contributed by atoms with Crippen molar-refractivity contribution in [1.82, 2.24) is 4.31 Å². The molecule has 0 spiro atoms. The summed E-state index contributed by atoms with van der Waals surface area (Å²) in [5, 5.41) is 3.40. The van der Waals surface area contributed by atoms with E-state index in [1.807, 2.05) is 25.1 Å². The van der Waals surface area contributed by atoms with E-state index in [2.05, 4.69) is 5.32 Å². The monoisotopic (exact) mass is 406 g/mol. The predicted octanol–water partition coefficient (Wildman–Crippen LogP) is 4.22. The topological polar surface area (TPSA) is 66.5 Å². The minimum Gasteiger partial charge on any atom is -0.326 e. The standard InChI is InChI=1S/C20H23ClN2O3S/c1-2-3-4-20(24)22-18-8-5-15-11-12-23(14-16(15)13-18)27(25,26)19-9-6-17(21)7-10-19/h5-10,13H,2-4,11-12,14H2,1H3,(H,22,24). The second-order valence-corrected chi connectivity index (χ2v) is 9.05. The Bertz CT molecular complexity index is 927. The van der Waals surface area contributed by atoms with E-state index < -0.39 is 10.0 Å². The van der Waals surface area contributed by atoms with Crippen molar-refractivity contribution in [1.29, 1.82) is 0 Å². The number of carbonyl (C=O) groups excluding carboxylic acids is 1. The quantitative estimate of drug-likeness (QED) is 0.781. The van der Waals surface area contributed by atoms with Gasteiger partial charge in [0, 0.05) is 30.2 Å². The van der Waals surface area contributed by atoms with Crippen molar-refractivity contribution in [2.45, 2.75) is 44.0 Å². The fourth-order valence-corrected chi connectivity index (χ4v) is 4.68. The van der Waals surface area contributed by atoms with E-state index in [1.54, 1.807) is 12.1 Å². The summed E-state index contributed by atoms with van der Waals surface area (Å²) in [6.07, 6.45) is 2.95. The molecule has 0 saturated heterocycles. The summed E-state index contributed by atoms with van der Waals surface area (Å²) in [5.74, 6) is -0.0155. The SMILES string of the molecule is CCCCC(=O)Nc1ccc2c(c1)CN(S(=O)(=O)c1ccc(Cl)cc1)CC2. The maximum Gasteiger partial charge on any atom is 0.243 e. The second kappa shape index (κ2) is 8.42. The maximum absolute atomic E-state index is 12.9. The van der Waals surface area contributed by atoms with Crippen molar-refractivity contribution in [2.75, 3.05) is 11.9 Å². The zero-order valence-corrected chi connectivity index (χ0v) is 16.8. The van der Waals surface area contributed by atoms with Crippen LogP contribution in [0.5, 0.6) is 0 Å². The minimum absolute atomic E-state index is 0.0155. The maximum atomic E-state index is 12.9. The Morgan fingerprint density at radius 3 is 2.59 bits per heavy atom. The Balaban J connectivity index is 1.77. The number of fused-ring (bicyclic) bond motifs is 1. The summed E-state index contributed by atoms with van der Waals surface area (Å²) in [6.45, 7) is 2.76. The molecule has 144 valence electrons. The van der Waals surface area contributed by atoms with E-state index >= 15 is 0 Å². The molecular formula is C20H23ClN2O3S. The molecule has 0 radical (unpaired) electrons. The van der Waals surface area contributed by atoms with Crippen molar-refractivity contribution in [3.63, 3.8) is 0 Å². The van der Waals surface area contributed by atoms with Gasteiger partial charge < -0.3 is 5.32 Å². The first-order valence-corrected chi connectivity index (χ1v) is 10.9. The van der Waals surface area contributed by atoms with Crippen LogP contribution in [0, 0.1) is 0 Å². The van der Waals surface area contributed by atoms with Gasteiger partial charge in [0.15, 0.2) is 0 Å². The molecule has 0 unspecified atom stereocenters. The number of nitrogens with zero attached hydrogens (tertiary/aromatic N) is 1. The van der Waals surface area contributed by atoms with Crippen LogP contribution in [0.4, 0.5) is 5.69 Å². The van der Waals surface area contributed by atoms with Crippen LogP contribution in [-0.4, -0.2) is 25.2 Å². The lowest BCUT2D eigenvalue weighted by atomic mass is 10.0. The third-order valence-electron chi connectivity index (χ3n) is 4.68. The number of anilines is 1. The summed E-state index contributed by atoms with van der Waals surface area (Å²) in [5.41, 5.74) is 2.75. The summed E-state index contributed by atoms with van der Waals surface area (Å²) < 4.78 is 27.3. The Morgan fingerprint density at radius 2 is 1.89 bits per heavy atom. The highest BCUT2D eigenvalue weighted by Gasteiger charge is 2.28. The molecule has 3 rings (SSSR count). The fourth-order valence-electron chi connectivity index (χ4n) is 3.13. The lowest BCUT2D eigenvalue weighted by molar-refractivity contribution is -0.116. The van der Waals surface area contributed by atoms with Gasteiger partial charge in [0.25, 0.3) is 0 Å². The number of sulfonamides is 1. The number of carbonyl (C=O) groups is 1. The molecule has 7 heteroatoms. The van der Waals surface area contributed by atoms with Crippen molar-refractivity contribution in [3.05, 3.63) is 58.6 Å². The van der Waals surface area contributed by atoms with Gasteiger partial charge in [-0.1, -0.05) is 31.0 Å². The van der Waals surface area contributed by atoms with E-state index in [0.717, 1.165) is 24.0 Å². The van der Waals surface area contributed by atoms with Gasteiger partial charge in [-0.15, -0.1) is 0 Å². The number of benzene rings is 2. The smallest absolute Gasteiger partial charge is 0.243 e. The largest absolute Gasteiger partial charge is 0.326 e. The van der Waals surface area contributed by atoms with Crippen LogP contribution in [0.15, 0.2) is 47.4 Å². The molecule has 0 aromatic heterocycles. The highest BCUT2D eigenvalue weighted by Crippen LogP contribution is 2.27. The third-order valence-corrected chi connectivity index (χ3v) is 6.79. The zero-order chi connectivity index (χ0) is 19.4. The van der Waals surface area contributed by atoms with Crippen LogP contribution < -0.4 is 5.32 Å². The van der Waals surface area contributed by atoms with Crippen LogP contribution in [0.25, 0.3) is 0 Å². The Morgan fingerprint density at radius 1 is 1.15 bits per heavy atom. The van der Waals surface area contributed by atoms with Gasteiger partial charge in [-0.05, 0) is 60.4 Å². The lowest BCUT2D eigenvalue weighted by Crippen LogP contribution is -2.36. The molecule has 1 N–H and O–H groups in total. The average Bonchev–Trinajstić information content (AvgIpc) is 2.66. The second-order valence-electron chi connectivity index (χ2n) is 6.68. The lowest BCUT2D eigenvalue weighted by Gasteiger charge is -2.28. The van der Waals surface area contributed by atoms with Crippen molar-refractivity contribution >= 4 is 33.2 Å². The number of amides is 1. The molecule has 1 aliphatic heterocycles. The third kappa shape index (κ3) is 4.69. The Kier molecular flexibility index (Phi) is 6.19. The van der Waals surface area contributed by atoms with Gasteiger partial charge in [-0.25, -0.2) is 8.42 Å². The molecule has 0 fully saturated rings. The van der Waals surface area contributed by atoms with Crippen molar-refractivity contribution < 1.29 is 13.2 Å². The first kappa shape index (κ1) is 19.9. The summed E-state index contributed by atoms with van der Waals surface area (Å²) in [7, 11) is -3.58. The summed E-state index contributed by atoms with van der Waals surface area (Å²) in [4.78, 5) is 12.2. The Labute approximate surface area is 165 Å². The van der Waals surface area contributed by atoms with Crippen molar-refractivity contribution in [2.24, 2.45) is 0 Å². The molecule has 1 amide bonds. The van der Waals surface area contributed by atoms with Gasteiger partial charge in [-0.3, -0.25) is 4.79 Å². The van der Waals surface area contributed by atoms with Gasteiger partial charge in [-0.2, -0.15) is 4.31 Å². The normalized spacial score (nSPS) is 14.6. The van der Waals surface area contributed by atoms with E-state index in [1.165, 1.54) is 16.4 Å². The number of nitrogens with one attached hydrogen (secondary N) is 1. The predicted molar refractivity (Wildman–Crippen MR) is 107 cm³/mol. The van der Waals surface area contributed by atoms with Gasteiger partial charge in [0.2, 0.25) is 15.9 Å². The van der Waals surface area contributed by atoms with Crippen LogP contribution in [0.1, 0.15) is 37.3 Å². The molecule has 5 nitrogen and oxygen atoms in total. The number of halogens is 1. The molecular weight excluding hydrogens is 384 g/mol. The van der Waals surface area contributed by atoms with Crippen LogP contribution in [0.2, 0.25) is 5.02 Å². The zero-order valence-electron chi connectivity index (χ0n) is 15.2. The summed E-state index contributed by atoms with van der Waals surface area (Å²) >= 11 is 5.86. The number of hydrogen-bond acceptors (Lipinski definition) is 3. The first-order valence-electron chi connectivity index (χ1n) is 9.07. The van der Waals surface area contributed by atoms with Crippen LogP contribution in [0.3, 0.4) is 0 Å². The van der Waals surface area contributed by atoms with Crippen LogP contribution >= 0.6 is 11.6 Å². The van der Waals surface area contributed by atoms with Gasteiger partial charge in [0.05, 0.1) is 4.90 Å². The molecule has 0 bridgehead atoms. The Hall–Kier alpha value is -1.89. The molecule has 27 heavy (non-hydrogen) atoms. The van der Waals surface area contributed by atoms with Gasteiger partial charge in [0.1, 0.15) is 0 Å². The number of rotatable bonds is 6. The molecule has 1 aliphatic rings. The van der Waals surface area contributed by atoms with Crippen LogP contribution in [-0.2, 0) is 27.8 Å². The summed E-state index contributed by atoms with van der Waals surface area (Å²) in [6, 6.07) is 11.9. The molecule has 2 aromatic carbocycles.